The summed E-state index contributed by atoms with van der Waals surface area (Å²) in [5, 5.41) is 79.9. The second-order valence-electron chi connectivity index (χ2n) is 21.8. The maximum atomic E-state index is 14.5. The minimum atomic E-state index is -4.47. The quantitative estimate of drug-likeness (QED) is 0.0511. The smallest absolute Gasteiger partial charge is 0.494 e. The Morgan fingerprint density at radius 1 is 0.671 bits per heavy atom. The van der Waals surface area contributed by atoms with E-state index in [4.69, 9.17) is 9.26 Å². The van der Waals surface area contributed by atoms with Crippen molar-refractivity contribution in [3.63, 3.8) is 0 Å². The lowest BCUT2D eigenvalue weighted by molar-refractivity contribution is -0.147. The molecule has 0 radical (unpaired) electrons. The van der Waals surface area contributed by atoms with Crippen molar-refractivity contribution in [3.05, 3.63) is 108 Å². The lowest BCUT2D eigenvalue weighted by Crippen LogP contribution is -2.64. The summed E-state index contributed by atoms with van der Waals surface area (Å²) in [5.41, 5.74) is 3.87. The molecule has 3 fully saturated rings. The van der Waals surface area contributed by atoms with Crippen molar-refractivity contribution in [2.75, 3.05) is 33.4 Å². The van der Waals surface area contributed by atoms with Gasteiger partial charge in [-0.1, -0.05) is 87.4 Å². The van der Waals surface area contributed by atoms with Crippen molar-refractivity contribution in [3.8, 4) is 33.8 Å². The zero-order valence-corrected chi connectivity index (χ0v) is 48.7. The molecule has 12 N–H and O–H groups in total. The van der Waals surface area contributed by atoms with Crippen LogP contribution in [0.2, 0.25) is 0 Å². The summed E-state index contributed by atoms with van der Waals surface area (Å²) < 4.78 is 27.2. The number of aliphatic hydroxyl groups excluding tert-OH is 6. The number of phosphoric acid groups is 1. The Labute approximate surface area is 491 Å². The number of aliphatic hydroxyl groups is 6. The van der Waals surface area contributed by atoms with Crippen molar-refractivity contribution >= 4 is 49.2 Å². The fraction of sp³-hybridized carbons (Fsp3) is 0.475. The molecule has 7 rings (SSSR count). The van der Waals surface area contributed by atoms with E-state index in [0.29, 0.717) is 6.61 Å². The minimum absolute atomic E-state index is 0.0740. The number of nitrogens with one attached hydrogen (secondary N) is 5. The van der Waals surface area contributed by atoms with E-state index >= 15 is 0 Å². The average molecular weight is 1200 g/mol. The van der Waals surface area contributed by atoms with Crippen molar-refractivity contribution in [2.24, 2.45) is 5.92 Å². The first-order valence-electron chi connectivity index (χ1n) is 28.2. The summed E-state index contributed by atoms with van der Waals surface area (Å²) in [7, 11) is -3.52. The Kier molecular flexibility index (Phi) is 22.4. The predicted octanol–water partition coefficient (Wildman–Crippen LogP) is 0.684. The van der Waals surface area contributed by atoms with Gasteiger partial charge in [-0.25, -0.2) is 4.57 Å². The first-order chi connectivity index (χ1) is 40.4. The largest absolute Gasteiger partial charge is 0.527 e. The van der Waals surface area contributed by atoms with E-state index in [0.717, 1.165) is 78.0 Å². The summed E-state index contributed by atoms with van der Waals surface area (Å²) in [4.78, 5) is 112. The molecule has 0 spiro atoms. The molecular weight excluding hydrogens is 1130 g/mol. The van der Waals surface area contributed by atoms with Crippen LogP contribution in [-0.2, 0) is 44.3 Å². The van der Waals surface area contributed by atoms with Crippen LogP contribution in [0.25, 0.3) is 22.3 Å². The van der Waals surface area contributed by atoms with Gasteiger partial charge in [0.05, 0.1) is 43.2 Å². The molecule has 0 aliphatic carbocycles. The number of ether oxygens (including phenoxy) is 1. The Morgan fingerprint density at radius 3 is 1.76 bits per heavy atom. The normalized spacial score (nSPS) is 26.4. The van der Waals surface area contributed by atoms with Gasteiger partial charge in [-0.3, -0.25) is 43.0 Å². The number of β-amino-alcohol motifs (C(OH)–C–C–N with tert-alkyl or cyclic N) is 1. The van der Waals surface area contributed by atoms with Crippen LogP contribution in [0.3, 0.4) is 0 Å². The van der Waals surface area contributed by atoms with Gasteiger partial charge in [-0.05, 0) is 84.5 Å². The van der Waals surface area contributed by atoms with Gasteiger partial charge in [-0.2, -0.15) is 0 Å². The summed E-state index contributed by atoms with van der Waals surface area (Å²) >= 11 is 0. The molecule has 3 heterocycles. The van der Waals surface area contributed by atoms with Crippen LogP contribution in [0.15, 0.2) is 97.1 Å². The highest BCUT2D eigenvalue weighted by Gasteiger charge is 2.49. The van der Waals surface area contributed by atoms with E-state index in [1.54, 1.807) is 12.1 Å². The van der Waals surface area contributed by atoms with E-state index in [1.807, 2.05) is 48.5 Å². The Balaban J connectivity index is 1.15. The number of amides is 7. The first kappa shape index (κ1) is 65.2. The van der Waals surface area contributed by atoms with Gasteiger partial charge < -0.3 is 76.3 Å². The van der Waals surface area contributed by atoms with Crippen molar-refractivity contribution in [1.82, 2.24) is 36.4 Å². The molecule has 0 saturated carbocycles. The standard InChI is InChI=1S/C59H76N7O18P/c1-6-7-8-25-83-43-23-19-39(20-24-43)37-13-11-36(12-14-37)38-15-17-40(18-16-38)53(73)61-45-27-41(69)29-60-57(77)51-52(72)32(2)30-66(51)59(79)49(34(4)68)63-56(76)50(47(71)26-35-9-21-44(22-10-35)84-85(80,81)82-5)64-55(75)46-28-42(70)31-65(46)58(78)48(33(3)67)62-54(45)74/h9-24,32-34,41-42,45-52,67-72H,6-8,25-31H2,1-5H3,(H,60,77)(H,61,73)(H,62,74)(H,63,76)(H,64,75)(H,80,81)/t32-,33?,34?,41+,42+,45+,46+,47+,48+,49+,50?,51+,52-/m1/s1. The second kappa shape index (κ2) is 29.2. The highest BCUT2D eigenvalue weighted by Crippen LogP contribution is 2.42. The number of unbranched alkanes of at least 4 members (excludes halogenated alkanes) is 2. The average Bonchev–Trinajstić information content (AvgIpc) is 4.03. The number of hydrogen-bond acceptors (Lipinski definition) is 17. The summed E-state index contributed by atoms with van der Waals surface area (Å²) in [6.07, 6.45) is -8.21. The number of rotatable bonds is 17. The summed E-state index contributed by atoms with van der Waals surface area (Å²) in [5.74, 6) is -7.57. The van der Waals surface area contributed by atoms with E-state index < -0.39 is 160 Å². The van der Waals surface area contributed by atoms with Crippen molar-refractivity contribution < 1.29 is 87.4 Å². The molecule has 460 valence electrons. The van der Waals surface area contributed by atoms with E-state index in [2.05, 4.69) is 38.0 Å². The molecule has 4 unspecified atom stereocenters. The van der Waals surface area contributed by atoms with E-state index in [1.165, 1.54) is 43.3 Å². The third-order valence-corrected chi connectivity index (χ3v) is 16.1. The number of nitrogens with zero attached hydrogens (tertiary/aromatic N) is 2. The van der Waals surface area contributed by atoms with Gasteiger partial charge in [0, 0.05) is 57.5 Å². The van der Waals surface area contributed by atoms with Gasteiger partial charge in [0.15, 0.2) is 0 Å². The SMILES string of the molecule is CCCCCOc1ccc(-c2ccc(-c3ccc(C(=O)N[C@H]4C[C@H](O)CNC(=O)[C@@H]5[C@H](O)[C@H](C)CN5C(=O)[C@H](C(C)O)NC(=O)C([C@@H](O)Cc5ccc(OP(=O)(O)OC)cc5)NC(=O)[C@@H]5C[C@H](O)CN5C(=O)[C@H](C(C)O)NC4=O)cc3)cc2)cc1. The molecule has 4 aromatic rings. The summed E-state index contributed by atoms with van der Waals surface area (Å²) in [6.45, 7) is 5.17. The molecule has 0 bridgehead atoms. The molecule has 25 nitrogen and oxygen atoms in total. The number of fused-ring (bicyclic) bond motifs is 2. The first-order valence-corrected chi connectivity index (χ1v) is 29.7. The number of phosphoric ester groups is 1. The van der Waals surface area contributed by atoms with Gasteiger partial charge in [0.1, 0.15) is 47.8 Å². The predicted molar refractivity (Wildman–Crippen MR) is 307 cm³/mol. The lowest BCUT2D eigenvalue weighted by atomic mass is 9.99. The molecule has 85 heavy (non-hydrogen) atoms. The highest BCUT2D eigenvalue weighted by molar-refractivity contribution is 7.47. The number of hydrogen-bond donors (Lipinski definition) is 12. The zero-order chi connectivity index (χ0) is 61.9. The number of carbonyl (C=O) groups excluding carboxylic acids is 7. The number of benzene rings is 4. The Morgan fingerprint density at radius 2 is 1.20 bits per heavy atom. The van der Waals surface area contributed by atoms with Gasteiger partial charge in [0.2, 0.25) is 35.4 Å². The highest BCUT2D eigenvalue weighted by atomic mass is 31.2. The van der Waals surface area contributed by atoms with Crippen LogP contribution in [0.1, 0.15) is 75.7 Å². The van der Waals surface area contributed by atoms with Crippen molar-refractivity contribution in [2.45, 2.75) is 139 Å². The molecular formula is C59H76N7O18P. The topological polar surface area (TPSA) is 372 Å². The minimum Gasteiger partial charge on any atom is -0.494 e. The van der Waals surface area contributed by atoms with Gasteiger partial charge in [-0.15, -0.1) is 0 Å². The zero-order valence-electron chi connectivity index (χ0n) is 47.8. The Bertz CT molecular complexity index is 3030. The number of carbonyl (C=O) groups is 7. The van der Waals surface area contributed by atoms with Crippen LogP contribution in [0.5, 0.6) is 11.5 Å². The molecule has 0 aromatic heterocycles. The van der Waals surface area contributed by atoms with Crippen molar-refractivity contribution in [1.29, 1.82) is 0 Å². The van der Waals surface area contributed by atoms with E-state index in [9.17, 15) is 73.7 Å². The van der Waals surface area contributed by atoms with Crippen LogP contribution < -0.4 is 35.8 Å². The molecule has 3 aliphatic heterocycles. The van der Waals surface area contributed by atoms with Gasteiger partial charge in [0.25, 0.3) is 5.91 Å². The molecule has 7 amide bonds. The summed E-state index contributed by atoms with van der Waals surface area (Å²) in [6, 6.07) is 16.4. The fourth-order valence-corrected chi connectivity index (χ4v) is 10.9. The third-order valence-electron chi connectivity index (χ3n) is 15.2. The Hall–Kier alpha value is -7.32. The van der Waals surface area contributed by atoms with E-state index in [-0.39, 0.29) is 23.4 Å². The van der Waals surface area contributed by atoms with Crippen LogP contribution in [0, 0.1) is 5.92 Å². The molecule has 26 heteroatoms. The van der Waals surface area contributed by atoms with Crippen LogP contribution in [0.4, 0.5) is 0 Å². The van der Waals surface area contributed by atoms with Crippen LogP contribution in [-0.4, -0.2) is 193 Å². The molecule has 3 aliphatic rings. The van der Waals surface area contributed by atoms with Crippen LogP contribution >= 0.6 is 7.82 Å². The maximum Gasteiger partial charge on any atom is 0.527 e. The van der Waals surface area contributed by atoms with Gasteiger partial charge >= 0.3 is 7.82 Å². The fourth-order valence-electron chi connectivity index (χ4n) is 10.4. The molecule has 3 saturated heterocycles. The lowest BCUT2D eigenvalue weighted by Gasteiger charge is -2.33. The monoisotopic (exact) mass is 1200 g/mol. The maximum absolute atomic E-state index is 14.5. The third kappa shape index (κ3) is 16.8. The second-order valence-corrected chi connectivity index (χ2v) is 23.3. The molecule has 14 atom stereocenters. The molecule has 4 aromatic carbocycles.